The zero-order valence-corrected chi connectivity index (χ0v) is 31.3. The summed E-state index contributed by atoms with van der Waals surface area (Å²) in [5, 5.41) is 0.121. The molecule has 2 aromatic carbocycles. The SMILES string of the molecule is COCCCOc1cc(C(=O)N(C(C)C)[C@@H]2CCCN(C(=O)OC(C)(C)C)C2)c(Cl)cc1-c1cc(C(=O)N2CCC(COC)CC2)ccc1F. The molecule has 0 saturated carbocycles. The number of carbonyl (C=O) groups excluding carboxylic acids is 3. The standard InChI is InChI=1S/C38H53ClFN3O7/c1-25(2)43(28-10-8-15-42(23-28)37(46)50-38(3,4)5)36(45)31-22-34(49-19-9-18-47-6)30(21-32(31)39)29-20-27(11-12-33(29)40)35(44)41-16-13-26(14-17-41)24-48-7/h11-12,20-22,25-26,28H,8-10,13-19,23-24H2,1-7H3/t28-/m1/s1. The van der Waals surface area contributed by atoms with Crippen LogP contribution in [0.15, 0.2) is 30.3 Å². The molecule has 0 unspecified atom stereocenters. The van der Waals surface area contributed by atoms with E-state index in [0.717, 1.165) is 12.8 Å². The fourth-order valence-electron chi connectivity index (χ4n) is 6.65. The number of halogens is 2. The van der Waals surface area contributed by atoms with Crippen molar-refractivity contribution in [2.75, 3.05) is 60.2 Å². The predicted octanol–water partition coefficient (Wildman–Crippen LogP) is 7.31. The van der Waals surface area contributed by atoms with Gasteiger partial charge in [0, 0.05) is 82.8 Å². The second kappa shape index (κ2) is 17.7. The highest BCUT2D eigenvalue weighted by molar-refractivity contribution is 6.34. The molecule has 2 heterocycles. The molecule has 2 fully saturated rings. The third kappa shape index (κ3) is 10.1. The quantitative estimate of drug-likeness (QED) is 0.213. The summed E-state index contributed by atoms with van der Waals surface area (Å²) < 4.78 is 37.9. The Morgan fingerprint density at radius 2 is 1.68 bits per heavy atom. The molecule has 3 amide bonds. The van der Waals surface area contributed by atoms with Crippen molar-refractivity contribution in [2.45, 2.75) is 84.4 Å². The summed E-state index contributed by atoms with van der Waals surface area (Å²) in [5.41, 5.74) is 0.395. The van der Waals surface area contributed by atoms with E-state index >= 15 is 4.39 Å². The van der Waals surface area contributed by atoms with Crippen LogP contribution < -0.4 is 4.74 Å². The Labute approximate surface area is 301 Å². The lowest BCUT2D eigenvalue weighted by Crippen LogP contribution is -2.54. The highest BCUT2D eigenvalue weighted by Gasteiger charge is 2.35. The number of benzene rings is 2. The van der Waals surface area contributed by atoms with Gasteiger partial charge in [-0.25, -0.2) is 9.18 Å². The van der Waals surface area contributed by atoms with E-state index in [1.54, 1.807) is 35.0 Å². The second-order valence-corrected chi connectivity index (χ2v) is 14.8. The lowest BCUT2D eigenvalue weighted by molar-refractivity contribution is 0.00752. The Morgan fingerprint density at radius 3 is 2.32 bits per heavy atom. The van der Waals surface area contributed by atoms with Gasteiger partial charge in [-0.3, -0.25) is 9.59 Å². The topological polar surface area (TPSA) is 97.8 Å². The van der Waals surface area contributed by atoms with E-state index in [0.29, 0.717) is 75.7 Å². The van der Waals surface area contributed by atoms with Crippen molar-refractivity contribution in [1.82, 2.24) is 14.7 Å². The smallest absolute Gasteiger partial charge is 0.410 e. The highest BCUT2D eigenvalue weighted by atomic mass is 35.5. The Morgan fingerprint density at radius 1 is 0.960 bits per heavy atom. The molecular formula is C38H53ClFN3O7. The van der Waals surface area contributed by atoms with E-state index in [1.165, 1.54) is 24.3 Å². The summed E-state index contributed by atoms with van der Waals surface area (Å²) in [4.78, 5) is 46.0. The number of hydrogen-bond donors (Lipinski definition) is 0. The first-order chi connectivity index (χ1) is 23.7. The predicted molar refractivity (Wildman–Crippen MR) is 191 cm³/mol. The molecule has 0 aliphatic carbocycles. The van der Waals surface area contributed by atoms with E-state index < -0.39 is 17.5 Å². The maximum absolute atomic E-state index is 15.6. The number of methoxy groups -OCH3 is 2. The fourth-order valence-corrected chi connectivity index (χ4v) is 6.90. The Balaban J connectivity index is 1.66. The van der Waals surface area contributed by atoms with E-state index in [4.69, 9.17) is 30.5 Å². The van der Waals surface area contributed by atoms with Crippen molar-refractivity contribution in [3.8, 4) is 16.9 Å². The minimum atomic E-state index is -0.639. The van der Waals surface area contributed by atoms with Gasteiger partial charge in [0.25, 0.3) is 11.8 Å². The molecule has 50 heavy (non-hydrogen) atoms. The number of ether oxygens (including phenoxy) is 4. The van der Waals surface area contributed by atoms with Crippen LogP contribution in [0.25, 0.3) is 11.1 Å². The van der Waals surface area contributed by atoms with Gasteiger partial charge in [0.2, 0.25) is 0 Å². The van der Waals surface area contributed by atoms with Crippen LogP contribution in [0.3, 0.4) is 0 Å². The molecule has 0 spiro atoms. The number of carbonyl (C=O) groups is 3. The van der Waals surface area contributed by atoms with Gasteiger partial charge in [-0.15, -0.1) is 0 Å². The fraction of sp³-hybridized carbons (Fsp3) is 0.605. The molecule has 0 radical (unpaired) electrons. The molecule has 12 heteroatoms. The molecule has 4 rings (SSSR count). The molecule has 0 bridgehead atoms. The number of hydrogen-bond acceptors (Lipinski definition) is 7. The number of nitrogens with zero attached hydrogens (tertiary/aromatic N) is 3. The summed E-state index contributed by atoms with van der Waals surface area (Å²) in [5.74, 6) is -0.382. The van der Waals surface area contributed by atoms with Crippen molar-refractivity contribution >= 4 is 29.5 Å². The van der Waals surface area contributed by atoms with Crippen LogP contribution in [0.4, 0.5) is 9.18 Å². The number of piperidine rings is 2. The summed E-state index contributed by atoms with van der Waals surface area (Å²) in [6.45, 7) is 12.7. The van der Waals surface area contributed by atoms with Gasteiger partial charge in [-0.05, 0) is 96.6 Å². The second-order valence-electron chi connectivity index (χ2n) is 14.4. The van der Waals surface area contributed by atoms with Gasteiger partial charge >= 0.3 is 6.09 Å². The average molecular weight is 718 g/mol. The Kier molecular flexibility index (Phi) is 13.9. The zero-order valence-electron chi connectivity index (χ0n) is 30.6. The molecule has 2 aliphatic rings. The molecule has 276 valence electrons. The molecule has 0 N–H and O–H groups in total. The Hall–Kier alpha value is -3.41. The van der Waals surface area contributed by atoms with Crippen molar-refractivity contribution in [3.63, 3.8) is 0 Å². The summed E-state index contributed by atoms with van der Waals surface area (Å²) >= 11 is 6.87. The van der Waals surface area contributed by atoms with Gasteiger partial charge in [-0.1, -0.05) is 11.6 Å². The van der Waals surface area contributed by atoms with Gasteiger partial charge in [0.05, 0.1) is 23.2 Å². The van der Waals surface area contributed by atoms with Crippen molar-refractivity contribution in [2.24, 2.45) is 5.92 Å². The van der Waals surface area contributed by atoms with Crippen LogP contribution in [-0.4, -0.2) is 111 Å². The first kappa shape index (κ1) is 39.4. The van der Waals surface area contributed by atoms with E-state index in [9.17, 15) is 14.4 Å². The highest BCUT2D eigenvalue weighted by Crippen LogP contribution is 2.38. The summed E-state index contributed by atoms with van der Waals surface area (Å²) in [7, 11) is 3.28. The van der Waals surface area contributed by atoms with Crippen molar-refractivity contribution in [1.29, 1.82) is 0 Å². The molecule has 2 aromatic rings. The van der Waals surface area contributed by atoms with Gasteiger partial charge < -0.3 is 33.6 Å². The van der Waals surface area contributed by atoms with E-state index in [-0.39, 0.29) is 52.4 Å². The third-order valence-corrected chi connectivity index (χ3v) is 9.40. The monoisotopic (exact) mass is 717 g/mol. The van der Waals surface area contributed by atoms with Crippen LogP contribution in [0.5, 0.6) is 5.75 Å². The van der Waals surface area contributed by atoms with Gasteiger partial charge in [0.1, 0.15) is 17.2 Å². The van der Waals surface area contributed by atoms with Crippen LogP contribution in [0, 0.1) is 11.7 Å². The van der Waals surface area contributed by atoms with Gasteiger partial charge in [0.15, 0.2) is 0 Å². The molecule has 2 aliphatic heterocycles. The largest absolute Gasteiger partial charge is 0.493 e. The first-order valence-corrected chi connectivity index (χ1v) is 18.0. The number of amides is 3. The minimum absolute atomic E-state index is 0.121. The molecule has 2 saturated heterocycles. The maximum Gasteiger partial charge on any atom is 0.410 e. The van der Waals surface area contributed by atoms with Gasteiger partial charge in [-0.2, -0.15) is 0 Å². The van der Waals surface area contributed by atoms with Crippen LogP contribution >= 0.6 is 11.6 Å². The Bertz CT molecular complexity index is 1490. The number of likely N-dealkylation sites (tertiary alicyclic amines) is 2. The lowest BCUT2D eigenvalue weighted by atomic mass is 9.96. The van der Waals surface area contributed by atoms with Crippen molar-refractivity contribution < 1.29 is 37.7 Å². The zero-order chi connectivity index (χ0) is 36.6. The first-order valence-electron chi connectivity index (χ1n) is 17.6. The number of rotatable bonds is 12. The molecular weight excluding hydrogens is 665 g/mol. The van der Waals surface area contributed by atoms with Crippen LogP contribution in [-0.2, 0) is 14.2 Å². The normalized spacial score (nSPS) is 17.2. The molecule has 10 nitrogen and oxygen atoms in total. The maximum atomic E-state index is 15.6. The van der Waals surface area contributed by atoms with E-state index in [1.807, 2.05) is 34.6 Å². The molecule has 0 aromatic heterocycles. The summed E-state index contributed by atoms with van der Waals surface area (Å²) in [6, 6.07) is 6.91. The van der Waals surface area contributed by atoms with Crippen LogP contribution in [0.2, 0.25) is 5.02 Å². The third-order valence-electron chi connectivity index (χ3n) is 9.09. The van der Waals surface area contributed by atoms with E-state index in [2.05, 4.69) is 0 Å². The van der Waals surface area contributed by atoms with Crippen molar-refractivity contribution in [3.05, 3.63) is 52.3 Å². The minimum Gasteiger partial charge on any atom is -0.493 e. The summed E-state index contributed by atoms with van der Waals surface area (Å²) in [6.07, 6.45) is 3.24. The average Bonchev–Trinajstić information content (AvgIpc) is 3.07. The lowest BCUT2D eigenvalue weighted by Gasteiger charge is -2.41. The molecule has 1 atom stereocenters. The van der Waals surface area contributed by atoms with Crippen LogP contribution in [0.1, 0.15) is 87.4 Å².